The maximum absolute atomic E-state index is 12.9. The summed E-state index contributed by atoms with van der Waals surface area (Å²) < 4.78 is 5.37. The number of ether oxygens (including phenoxy) is 1. The van der Waals surface area contributed by atoms with Gasteiger partial charge in [0.1, 0.15) is 0 Å². The normalized spacial score (nSPS) is 21.0. The molecule has 1 aromatic heterocycles. The van der Waals surface area contributed by atoms with Crippen LogP contribution in [0.25, 0.3) is 0 Å². The van der Waals surface area contributed by atoms with Crippen LogP contribution >= 0.6 is 0 Å². The maximum Gasteiger partial charge on any atom is 0.227 e. The molecule has 1 atom stereocenters. The minimum Gasteiger partial charge on any atom is -0.379 e. The number of hydrogen-bond donors (Lipinski definition) is 0. The third kappa shape index (κ3) is 5.52. The molecule has 28 heavy (non-hydrogen) atoms. The standard InChI is InChI=1S/C21H32N4O3/c1-17-14-22-7-6-18(17)15-23(2)21(27)19-4-5-20(26)25(16-19)9-3-8-24-10-12-28-13-11-24/h6-7,14,19H,3-5,8-13,15-16H2,1-2H3. The zero-order chi connectivity index (χ0) is 19.9. The van der Waals surface area contributed by atoms with E-state index in [1.165, 1.54) is 0 Å². The van der Waals surface area contributed by atoms with E-state index < -0.39 is 0 Å². The largest absolute Gasteiger partial charge is 0.379 e. The first-order chi connectivity index (χ1) is 13.5. The summed E-state index contributed by atoms with van der Waals surface area (Å²) in [6, 6.07) is 1.96. The predicted molar refractivity (Wildman–Crippen MR) is 107 cm³/mol. The maximum atomic E-state index is 12.9. The summed E-state index contributed by atoms with van der Waals surface area (Å²) >= 11 is 0. The smallest absolute Gasteiger partial charge is 0.227 e. The van der Waals surface area contributed by atoms with Crippen LogP contribution in [0.4, 0.5) is 0 Å². The van der Waals surface area contributed by atoms with Crippen LogP contribution in [0.2, 0.25) is 0 Å². The second kappa shape index (κ2) is 9.98. The van der Waals surface area contributed by atoms with Crippen molar-refractivity contribution in [2.75, 3.05) is 53.0 Å². The molecular formula is C21H32N4O3. The molecule has 0 N–H and O–H groups in total. The average Bonchev–Trinajstić information content (AvgIpc) is 2.71. The molecule has 0 spiro atoms. The highest BCUT2D eigenvalue weighted by Crippen LogP contribution is 2.21. The highest BCUT2D eigenvalue weighted by Gasteiger charge is 2.31. The monoisotopic (exact) mass is 388 g/mol. The third-order valence-corrected chi connectivity index (χ3v) is 5.78. The number of carbonyl (C=O) groups is 2. The Kier molecular flexibility index (Phi) is 7.39. The molecule has 0 aromatic carbocycles. The molecule has 3 rings (SSSR count). The number of morpholine rings is 1. The van der Waals surface area contributed by atoms with E-state index in [0.717, 1.165) is 56.9 Å². The Hall–Kier alpha value is -1.99. The fourth-order valence-electron chi connectivity index (χ4n) is 3.97. The Morgan fingerprint density at radius 2 is 2.11 bits per heavy atom. The lowest BCUT2D eigenvalue weighted by Gasteiger charge is -2.34. The molecule has 0 radical (unpaired) electrons. The van der Waals surface area contributed by atoms with Crippen LogP contribution in [0.3, 0.4) is 0 Å². The fraction of sp³-hybridized carbons (Fsp3) is 0.667. The number of pyridine rings is 1. The minimum atomic E-state index is -0.103. The molecule has 0 bridgehead atoms. The molecule has 7 nitrogen and oxygen atoms in total. The van der Waals surface area contributed by atoms with Crippen molar-refractivity contribution < 1.29 is 14.3 Å². The van der Waals surface area contributed by atoms with Crippen molar-refractivity contribution >= 4 is 11.8 Å². The van der Waals surface area contributed by atoms with E-state index in [-0.39, 0.29) is 17.7 Å². The summed E-state index contributed by atoms with van der Waals surface area (Å²) in [5.74, 6) is 0.203. The van der Waals surface area contributed by atoms with Crippen LogP contribution in [0.5, 0.6) is 0 Å². The van der Waals surface area contributed by atoms with E-state index in [9.17, 15) is 9.59 Å². The second-order valence-corrected chi connectivity index (χ2v) is 7.88. The number of carbonyl (C=O) groups excluding carboxylic acids is 2. The highest BCUT2D eigenvalue weighted by atomic mass is 16.5. The molecule has 1 unspecified atom stereocenters. The Balaban J connectivity index is 1.48. The number of aryl methyl sites for hydroxylation is 1. The van der Waals surface area contributed by atoms with E-state index in [0.29, 0.717) is 25.9 Å². The van der Waals surface area contributed by atoms with Crippen LogP contribution in [-0.4, -0.2) is 84.5 Å². The summed E-state index contributed by atoms with van der Waals surface area (Å²) in [6.45, 7) is 8.36. The van der Waals surface area contributed by atoms with Gasteiger partial charge in [-0.15, -0.1) is 0 Å². The van der Waals surface area contributed by atoms with Gasteiger partial charge >= 0.3 is 0 Å². The molecule has 2 aliphatic rings. The molecule has 2 fully saturated rings. The SMILES string of the molecule is Cc1cnccc1CN(C)C(=O)C1CCC(=O)N(CCCN2CCOCC2)C1. The number of nitrogens with zero attached hydrogens (tertiary/aromatic N) is 4. The summed E-state index contributed by atoms with van der Waals surface area (Å²) in [5.41, 5.74) is 2.20. The van der Waals surface area contributed by atoms with Gasteiger partial charge in [0.25, 0.3) is 0 Å². The van der Waals surface area contributed by atoms with Gasteiger partial charge in [-0.05, 0) is 37.0 Å². The zero-order valence-corrected chi connectivity index (χ0v) is 17.1. The van der Waals surface area contributed by atoms with Gasteiger partial charge in [0, 0.05) is 65.1 Å². The molecule has 3 heterocycles. The van der Waals surface area contributed by atoms with Crippen molar-refractivity contribution in [3.8, 4) is 0 Å². The van der Waals surface area contributed by atoms with E-state index >= 15 is 0 Å². The number of rotatable bonds is 7. The number of likely N-dealkylation sites (tertiary alicyclic amines) is 1. The molecule has 2 aliphatic heterocycles. The first-order valence-corrected chi connectivity index (χ1v) is 10.3. The lowest BCUT2D eigenvalue weighted by Crippen LogP contribution is -2.47. The van der Waals surface area contributed by atoms with Crippen LogP contribution in [0, 0.1) is 12.8 Å². The highest BCUT2D eigenvalue weighted by molar-refractivity contribution is 5.83. The molecule has 7 heteroatoms. The van der Waals surface area contributed by atoms with E-state index in [4.69, 9.17) is 4.74 Å². The van der Waals surface area contributed by atoms with Crippen LogP contribution < -0.4 is 0 Å². The van der Waals surface area contributed by atoms with Gasteiger partial charge in [0.15, 0.2) is 0 Å². The van der Waals surface area contributed by atoms with Gasteiger partial charge in [-0.1, -0.05) is 0 Å². The van der Waals surface area contributed by atoms with Crippen molar-refractivity contribution in [2.24, 2.45) is 5.92 Å². The summed E-state index contributed by atoms with van der Waals surface area (Å²) in [5, 5.41) is 0. The van der Waals surface area contributed by atoms with Crippen LogP contribution in [-0.2, 0) is 20.9 Å². The predicted octanol–water partition coefficient (Wildman–Crippen LogP) is 1.31. The molecule has 0 saturated carbocycles. The Labute approximate surface area is 167 Å². The van der Waals surface area contributed by atoms with Crippen molar-refractivity contribution in [1.82, 2.24) is 19.7 Å². The topological polar surface area (TPSA) is 66.0 Å². The molecule has 2 amide bonds. The van der Waals surface area contributed by atoms with Crippen molar-refractivity contribution in [3.05, 3.63) is 29.6 Å². The molecule has 1 aromatic rings. The Morgan fingerprint density at radius 3 is 2.86 bits per heavy atom. The minimum absolute atomic E-state index is 0.103. The number of piperidine rings is 1. The van der Waals surface area contributed by atoms with Gasteiger partial charge in [0.2, 0.25) is 11.8 Å². The van der Waals surface area contributed by atoms with Gasteiger partial charge in [-0.25, -0.2) is 0 Å². The molecule has 2 saturated heterocycles. The molecule has 0 aliphatic carbocycles. The second-order valence-electron chi connectivity index (χ2n) is 7.88. The summed E-state index contributed by atoms with van der Waals surface area (Å²) in [4.78, 5) is 35.4. The molecule has 154 valence electrons. The first-order valence-electron chi connectivity index (χ1n) is 10.3. The Bertz CT molecular complexity index is 675. The average molecular weight is 389 g/mol. The van der Waals surface area contributed by atoms with Gasteiger partial charge < -0.3 is 14.5 Å². The summed E-state index contributed by atoms with van der Waals surface area (Å²) in [7, 11) is 1.85. The van der Waals surface area contributed by atoms with Crippen LogP contribution in [0.15, 0.2) is 18.5 Å². The van der Waals surface area contributed by atoms with Crippen LogP contribution in [0.1, 0.15) is 30.4 Å². The first kappa shape index (κ1) is 20.7. The number of aromatic nitrogens is 1. The van der Waals surface area contributed by atoms with Crippen molar-refractivity contribution in [3.63, 3.8) is 0 Å². The lowest BCUT2D eigenvalue weighted by molar-refractivity contribution is -0.142. The van der Waals surface area contributed by atoms with Gasteiger partial charge in [-0.3, -0.25) is 19.5 Å². The fourth-order valence-corrected chi connectivity index (χ4v) is 3.97. The van der Waals surface area contributed by atoms with Crippen molar-refractivity contribution in [1.29, 1.82) is 0 Å². The van der Waals surface area contributed by atoms with E-state index in [1.807, 2.05) is 31.1 Å². The summed E-state index contributed by atoms with van der Waals surface area (Å²) in [6.07, 6.45) is 5.64. The van der Waals surface area contributed by atoms with E-state index in [1.54, 1.807) is 11.1 Å². The van der Waals surface area contributed by atoms with Crippen molar-refractivity contribution in [2.45, 2.75) is 32.7 Å². The Morgan fingerprint density at radius 1 is 1.32 bits per heavy atom. The molecular weight excluding hydrogens is 356 g/mol. The zero-order valence-electron chi connectivity index (χ0n) is 17.1. The quantitative estimate of drug-likeness (QED) is 0.705. The number of amides is 2. The number of hydrogen-bond acceptors (Lipinski definition) is 5. The third-order valence-electron chi connectivity index (χ3n) is 5.78. The van der Waals surface area contributed by atoms with Gasteiger partial charge in [0.05, 0.1) is 19.1 Å². The van der Waals surface area contributed by atoms with Gasteiger partial charge in [-0.2, -0.15) is 0 Å². The van der Waals surface area contributed by atoms with E-state index in [2.05, 4.69) is 9.88 Å². The lowest BCUT2D eigenvalue weighted by atomic mass is 9.95.